The fraction of sp³-hybridized carbons (Fsp3) is 0.737. The third kappa shape index (κ3) is 3.94. The van der Waals surface area contributed by atoms with Crippen LogP contribution in [0.15, 0.2) is 18.5 Å². The fourth-order valence-electron chi connectivity index (χ4n) is 4.68. The number of rotatable bonds is 3. The lowest BCUT2D eigenvalue weighted by atomic mass is 9.75. The van der Waals surface area contributed by atoms with E-state index in [1.807, 2.05) is 6.07 Å². The number of amides is 1. The lowest BCUT2D eigenvalue weighted by molar-refractivity contribution is -0.135. The van der Waals surface area contributed by atoms with Gasteiger partial charge in [-0.15, -0.1) is 0 Å². The van der Waals surface area contributed by atoms with Crippen LogP contribution in [0, 0.1) is 11.8 Å². The molecule has 0 bridgehead atoms. The average molecular weight is 343 g/mol. The van der Waals surface area contributed by atoms with Gasteiger partial charge in [-0.05, 0) is 30.7 Å². The van der Waals surface area contributed by atoms with Gasteiger partial charge in [-0.25, -0.2) is 9.97 Å². The lowest BCUT2D eigenvalue weighted by Gasteiger charge is -2.42. The number of aromatic nitrogens is 2. The Kier molecular flexibility index (Phi) is 5.15. The Hall–Kier alpha value is -1.69. The molecule has 3 fully saturated rings. The molecule has 0 radical (unpaired) electrons. The molecule has 0 spiro atoms. The van der Waals surface area contributed by atoms with Crippen molar-refractivity contribution in [3.63, 3.8) is 0 Å². The van der Waals surface area contributed by atoms with Gasteiger partial charge < -0.3 is 9.80 Å². The van der Waals surface area contributed by atoms with Gasteiger partial charge in [-0.3, -0.25) is 9.69 Å². The van der Waals surface area contributed by atoms with Crippen LogP contribution in [0.2, 0.25) is 0 Å². The monoisotopic (exact) mass is 343 g/mol. The summed E-state index contributed by atoms with van der Waals surface area (Å²) in [6.45, 7) is 6.14. The van der Waals surface area contributed by atoms with Gasteiger partial charge in [-0.1, -0.05) is 19.3 Å². The molecule has 2 saturated heterocycles. The van der Waals surface area contributed by atoms with Crippen LogP contribution in [0.1, 0.15) is 32.1 Å². The number of anilines is 1. The molecule has 0 unspecified atom stereocenters. The molecule has 1 amide bonds. The molecule has 3 aliphatic rings. The lowest BCUT2D eigenvalue weighted by Crippen LogP contribution is -2.52. The second-order valence-corrected chi connectivity index (χ2v) is 7.75. The summed E-state index contributed by atoms with van der Waals surface area (Å²) < 4.78 is 0. The Balaban J connectivity index is 1.25. The second kappa shape index (κ2) is 7.68. The van der Waals surface area contributed by atoms with Crippen molar-refractivity contribution in [1.82, 2.24) is 19.8 Å². The highest BCUT2D eigenvalue weighted by molar-refractivity contribution is 5.78. The molecule has 2 aliphatic heterocycles. The minimum Gasteiger partial charge on any atom is -0.341 e. The maximum Gasteiger partial charge on any atom is 0.236 e. The summed E-state index contributed by atoms with van der Waals surface area (Å²) in [7, 11) is 0. The minimum absolute atomic E-state index is 0.327. The van der Waals surface area contributed by atoms with E-state index in [9.17, 15) is 4.79 Å². The Morgan fingerprint density at radius 1 is 0.960 bits per heavy atom. The number of piperazine rings is 1. The standard InChI is InChI=1S/C19H29N5O/c25-18(24-9-6-16-4-1-2-5-17(16)14-24)15-22-10-12-23(13-11-22)19-20-7-3-8-21-19/h3,7-8,16-17H,1-2,4-6,9-15H2/t16-,17-/m0/s1. The normalized spacial score (nSPS) is 27.8. The zero-order chi connectivity index (χ0) is 17.1. The van der Waals surface area contributed by atoms with E-state index >= 15 is 0 Å². The van der Waals surface area contributed by atoms with Gasteiger partial charge in [0.2, 0.25) is 11.9 Å². The molecule has 1 aliphatic carbocycles. The molecule has 0 aromatic carbocycles. The van der Waals surface area contributed by atoms with Gasteiger partial charge in [0.25, 0.3) is 0 Å². The third-order valence-electron chi connectivity index (χ3n) is 6.21. The molecule has 25 heavy (non-hydrogen) atoms. The van der Waals surface area contributed by atoms with Gasteiger partial charge >= 0.3 is 0 Å². The van der Waals surface area contributed by atoms with Crippen molar-refractivity contribution >= 4 is 11.9 Å². The average Bonchev–Trinajstić information content (AvgIpc) is 2.69. The van der Waals surface area contributed by atoms with Gasteiger partial charge in [0.15, 0.2) is 0 Å². The number of hydrogen-bond donors (Lipinski definition) is 0. The van der Waals surface area contributed by atoms with Gasteiger partial charge in [0, 0.05) is 51.7 Å². The summed E-state index contributed by atoms with van der Waals surface area (Å²) in [6, 6.07) is 1.84. The SMILES string of the molecule is O=C(CN1CCN(c2ncccn2)CC1)N1CC[C@@H]2CCCC[C@H]2C1. The molecule has 6 heteroatoms. The largest absolute Gasteiger partial charge is 0.341 e. The highest BCUT2D eigenvalue weighted by Gasteiger charge is 2.33. The molecule has 136 valence electrons. The molecular formula is C19H29N5O. The van der Waals surface area contributed by atoms with Crippen molar-refractivity contribution in [1.29, 1.82) is 0 Å². The number of carbonyl (C=O) groups excluding carboxylic acids is 1. The molecule has 6 nitrogen and oxygen atoms in total. The predicted molar refractivity (Wildman–Crippen MR) is 97.3 cm³/mol. The van der Waals surface area contributed by atoms with Crippen molar-refractivity contribution < 1.29 is 4.79 Å². The smallest absolute Gasteiger partial charge is 0.236 e. The number of nitrogens with zero attached hydrogens (tertiary/aromatic N) is 5. The first kappa shape index (κ1) is 16.8. The Bertz CT molecular complexity index is 572. The van der Waals surface area contributed by atoms with Crippen LogP contribution in [0.5, 0.6) is 0 Å². The van der Waals surface area contributed by atoms with E-state index < -0.39 is 0 Å². The predicted octanol–water partition coefficient (Wildman–Crippen LogP) is 1.64. The molecule has 1 aromatic rings. The number of likely N-dealkylation sites (tertiary alicyclic amines) is 1. The van der Waals surface area contributed by atoms with Crippen molar-refractivity contribution in [3.05, 3.63) is 18.5 Å². The maximum atomic E-state index is 12.7. The van der Waals surface area contributed by atoms with Gasteiger partial charge in [0.1, 0.15) is 0 Å². The first-order chi connectivity index (χ1) is 12.3. The number of fused-ring (bicyclic) bond motifs is 1. The topological polar surface area (TPSA) is 52.6 Å². The van der Waals surface area contributed by atoms with Crippen molar-refractivity contribution in [2.24, 2.45) is 11.8 Å². The first-order valence-electron chi connectivity index (χ1n) is 9.82. The molecule has 1 saturated carbocycles. The van der Waals surface area contributed by atoms with E-state index in [-0.39, 0.29) is 0 Å². The van der Waals surface area contributed by atoms with Crippen molar-refractivity contribution in [3.8, 4) is 0 Å². The molecule has 0 N–H and O–H groups in total. The van der Waals surface area contributed by atoms with E-state index in [0.717, 1.165) is 57.1 Å². The van der Waals surface area contributed by atoms with E-state index in [1.165, 1.54) is 32.1 Å². The maximum absolute atomic E-state index is 12.7. The summed E-state index contributed by atoms with van der Waals surface area (Å²) in [5.41, 5.74) is 0. The van der Waals surface area contributed by atoms with Crippen LogP contribution >= 0.6 is 0 Å². The number of hydrogen-bond acceptors (Lipinski definition) is 5. The summed E-state index contributed by atoms with van der Waals surface area (Å²) in [4.78, 5) is 28.0. The van der Waals surface area contributed by atoms with Gasteiger partial charge in [-0.2, -0.15) is 0 Å². The van der Waals surface area contributed by atoms with Crippen LogP contribution in [0.4, 0.5) is 5.95 Å². The number of piperidine rings is 1. The van der Waals surface area contributed by atoms with Crippen LogP contribution in [-0.2, 0) is 4.79 Å². The van der Waals surface area contributed by atoms with Gasteiger partial charge in [0.05, 0.1) is 6.54 Å². The van der Waals surface area contributed by atoms with Crippen molar-refractivity contribution in [2.45, 2.75) is 32.1 Å². The fourth-order valence-corrected chi connectivity index (χ4v) is 4.68. The summed E-state index contributed by atoms with van der Waals surface area (Å²) in [5, 5.41) is 0. The van der Waals surface area contributed by atoms with Crippen LogP contribution in [0.25, 0.3) is 0 Å². The highest BCUT2D eigenvalue weighted by Crippen LogP contribution is 2.36. The van der Waals surface area contributed by atoms with E-state index in [4.69, 9.17) is 0 Å². The zero-order valence-electron chi connectivity index (χ0n) is 15.0. The highest BCUT2D eigenvalue weighted by atomic mass is 16.2. The minimum atomic E-state index is 0.327. The summed E-state index contributed by atoms with van der Waals surface area (Å²) in [5.74, 6) is 2.77. The molecule has 3 heterocycles. The quantitative estimate of drug-likeness (QED) is 0.835. The zero-order valence-corrected chi connectivity index (χ0v) is 15.0. The molecule has 1 aromatic heterocycles. The van der Waals surface area contributed by atoms with Crippen LogP contribution in [0.3, 0.4) is 0 Å². The second-order valence-electron chi connectivity index (χ2n) is 7.75. The summed E-state index contributed by atoms with van der Waals surface area (Å²) >= 11 is 0. The van der Waals surface area contributed by atoms with E-state index in [2.05, 4.69) is 24.7 Å². The van der Waals surface area contributed by atoms with E-state index in [0.29, 0.717) is 12.5 Å². The Morgan fingerprint density at radius 3 is 2.44 bits per heavy atom. The Morgan fingerprint density at radius 2 is 1.68 bits per heavy atom. The van der Waals surface area contributed by atoms with Crippen LogP contribution in [-0.4, -0.2) is 71.5 Å². The summed E-state index contributed by atoms with van der Waals surface area (Å²) in [6.07, 6.45) is 10.2. The molecule has 4 rings (SSSR count). The van der Waals surface area contributed by atoms with E-state index in [1.54, 1.807) is 12.4 Å². The third-order valence-corrected chi connectivity index (χ3v) is 6.21. The van der Waals surface area contributed by atoms with Crippen molar-refractivity contribution in [2.75, 3.05) is 50.7 Å². The number of carbonyl (C=O) groups is 1. The molecular weight excluding hydrogens is 314 g/mol. The molecule has 2 atom stereocenters. The Labute approximate surface area is 150 Å². The first-order valence-corrected chi connectivity index (χ1v) is 9.82. The van der Waals surface area contributed by atoms with Crippen LogP contribution < -0.4 is 4.90 Å².